The minimum absolute atomic E-state index is 0.109. The van der Waals surface area contributed by atoms with Crippen molar-refractivity contribution in [3.63, 3.8) is 0 Å². The van der Waals surface area contributed by atoms with Crippen molar-refractivity contribution in [2.24, 2.45) is 0 Å². The number of hydrogen-bond acceptors (Lipinski definition) is 4. The van der Waals surface area contributed by atoms with Gasteiger partial charge in [-0.05, 0) is 7.05 Å². The van der Waals surface area contributed by atoms with Gasteiger partial charge in [-0.1, -0.05) is 0 Å². The summed E-state index contributed by atoms with van der Waals surface area (Å²) in [5.74, 6) is -0.236. The molecule has 2 amide bonds. The van der Waals surface area contributed by atoms with E-state index in [2.05, 4.69) is 5.32 Å². The number of piperazine rings is 1. The molecule has 1 aliphatic heterocycles. The fourth-order valence-electron chi connectivity index (χ4n) is 1.36. The predicted octanol–water partition coefficient (Wildman–Crippen LogP) is -1.60. The number of nitriles is 1. The van der Waals surface area contributed by atoms with E-state index in [-0.39, 0.29) is 31.4 Å². The third-order valence-electron chi connectivity index (χ3n) is 2.14. The van der Waals surface area contributed by atoms with Crippen LogP contribution in [-0.4, -0.2) is 61.4 Å². The van der Waals surface area contributed by atoms with Gasteiger partial charge in [0.2, 0.25) is 11.8 Å². The monoisotopic (exact) mass is 210 g/mol. The second-order valence-corrected chi connectivity index (χ2v) is 3.50. The first-order valence-corrected chi connectivity index (χ1v) is 4.73. The molecule has 1 aliphatic rings. The van der Waals surface area contributed by atoms with Crippen molar-refractivity contribution in [1.82, 2.24) is 15.1 Å². The average Bonchev–Trinajstić information content (AvgIpc) is 2.18. The zero-order valence-corrected chi connectivity index (χ0v) is 8.69. The molecular formula is C9H14N4O2. The van der Waals surface area contributed by atoms with Crippen molar-refractivity contribution in [2.75, 3.05) is 39.8 Å². The highest BCUT2D eigenvalue weighted by Crippen LogP contribution is 1.95. The SMILES string of the molecule is CN(CC#N)CC(=O)N1CCNC(=O)C1. The molecule has 0 aromatic heterocycles. The highest BCUT2D eigenvalue weighted by molar-refractivity contribution is 5.86. The van der Waals surface area contributed by atoms with Gasteiger partial charge < -0.3 is 10.2 Å². The second-order valence-electron chi connectivity index (χ2n) is 3.50. The molecule has 0 saturated carbocycles. The van der Waals surface area contributed by atoms with Crippen LogP contribution in [0.2, 0.25) is 0 Å². The zero-order chi connectivity index (χ0) is 11.3. The highest BCUT2D eigenvalue weighted by atomic mass is 16.2. The van der Waals surface area contributed by atoms with Gasteiger partial charge in [-0.25, -0.2) is 0 Å². The van der Waals surface area contributed by atoms with E-state index in [1.807, 2.05) is 6.07 Å². The molecule has 0 atom stereocenters. The normalized spacial score (nSPS) is 16.1. The lowest BCUT2D eigenvalue weighted by atomic mass is 10.3. The van der Waals surface area contributed by atoms with Crippen LogP contribution in [0.1, 0.15) is 0 Å². The van der Waals surface area contributed by atoms with Gasteiger partial charge in [-0.3, -0.25) is 14.5 Å². The number of amides is 2. The van der Waals surface area contributed by atoms with Crippen LogP contribution in [-0.2, 0) is 9.59 Å². The molecule has 6 nitrogen and oxygen atoms in total. The van der Waals surface area contributed by atoms with Crippen LogP contribution in [0.15, 0.2) is 0 Å². The molecule has 1 saturated heterocycles. The van der Waals surface area contributed by atoms with Crippen molar-refractivity contribution in [1.29, 1.82) is 5.26 Å². The van der Waals surface area contributed by atoms with Crippen LogP contribution in [0, 0.1) is 11.3 Å². The molecular weight excluding hydrogens is 196 g/mol. The third-order valence-corrected chi connectivity index (χ3v) is 2.14. The largest absolute Gasteiger partial charge is 0.353 e. The molecule has 0 aliphatic carbocycles. The Morgan fingerprint density at radius 1 is 1.73 bits per heavy atom. The van der Waals surface area contributed by atoms with E-state index in [0.717, 1.165) is 0 Å². The van der Waals surface area contributed by atoms with Crippen LogP contribution in [0.3, 0.4) is 0 Å². The number of nitrogens with zero attached hydrogens (tertiary/aromatic N) is 3. The maximum absolute atomic E-state index is 11.6. The standard InChI is InChI=1S/C9H14N4O2/c1-12(4-2-10)7-9(15)13-5-3-11-8(14)6-13/h3-7H2,1H3,(H,11,14). The summed E-state index contributed by atoms with van der Waals surface area (Å²) in [5.41, 5.74) is 0. The summed E-state index contributed by atoms with van der Waals surface area (Å²) in [5, 5.41) is 11.1. The van der Waals surface area contributed by atoms with E-state index in [9.17, 15) is 9.59 Å². The van der Waals surface area contributed by atoms with Gasteiger partial charge in [0, 0.05) is 13.1 Å². The number of carbonyl (C=O) groups is 2. The molecule has 0 radical (unpaired) electrons. The quantitative estimate of drug-likeness (QED) is 0.569. The molecule has 0 bridgehead atoms. The summed E-state index contributed by atoms with van der Waals surface area (Å²) in [6, 6.07) is 1.96. The first kappa shape index (κ1) is 11.5. The van der Waals surface area contributed by atoms with E-state index in [1.165, 1.54) is 4.90 Å². The number of likely N-dealkylation sites (N-methyl/N-ethyl adjacent to an activating group) is 1. The summed E-state index contributed by atoms with van der Waals surface area (Å²) in [6.45, 7) is 1.57. The summed E-state index contributed by atoms with van der Waals surface area (Å²) >= 11 is 0. The Kier molecular flexibility index (Phi) is 4.06. The maximum Gasteiger partial charge on any atom is 0.239 e. The topological polar surface area (TPSA) is 76.4 Å². The first-order valence-electron chi connectivity index (χ1n) is 4.73. The van der Waals surface area contributed by atoms with Crippen LogP contribution in [0.25, 0.3) is 0 Å². The minimum Gasteiger partial charge on any atom is -0.353 e. The molecule has 82 valence electrons. The third kappa shape index (κ3) is 3.56. The van der Waals surface area contributed by atoms with Crippen LogP contribution >= 0.6 is 0 Å². The van der Waals surface area contributed by atoms with Gasteiger partial charge in [-0.15, -0.1) is 0 Å². The molecule has 0 unspecified atom stereocenters. The smallest absolute Gasteiger partial charge is 0.239 e. The summed E-state index contributed by atoms with van der Waals surface area (Å²) < 4.78 is 0. The number of carbonyl (C=O) groups excluding carboxylic acids is 2. The van der Waals surface area contributed by atoms with Crippen LogP contribution in [0.4, 0.5) is 0 Å². The van der Waals surface area contributed by atoms with Gasteiger partial charge in [0.25, 0.3) is 0 Å². The second kappa shape index (κ2) is 5.32. The first-order chi connectivity index (χ1) is 7.13. The Balaban J connectivity index is 2.39. The lowest BCUT2D eigenvalue weighted by molar-refractivity contribution is -0.138. The number of hydrogen-bond donors (Lipinski definition) is 1. The molecule has 1 fully saturated rings. The Morgan fingerprint density at radius 3 is 3.07 bits per heavy atom. The molecule has 0 aromatic carbocycles. The molecule has 6 heteroatoms. The average molecular weight is 210 g/mol. The van der Waals surface area contributed by atoms with E-state index in [4.69, 9.17) is 5.26 Å². The Labute approximate surface area is 88.4 Å². The van der Waals surface area contributed by atoms with Crippen LogP contribution in [0.5, 0.6) is 0 Å². The van der Waals surface area contributed by atoms with Crippen molar-refractivity contribution in [3.8, 4) is 6.07 Å². The lowest BCUT2D eigenvalue weighted by Crippen LogP contribution is -2.52. The Bertz CT molecular complexity index is 297. The predicted molar refractivity (Wildman–Crippen MR) is 52.7 cm³/mol. The van der Waals surface area contributed by atoms with Crippen LogP contribution < -0.4 is 5.32 Å². The number of rotatable bonds is 3. The summed E-state index contributed by atoms with van der Waals surface area (Å²) in [4.78, 5) is 25.8. The fraction of sp³-hybridized carbons (Fsp3) is 0.667. The molecule has 0 spiro atoms. The van der Waals surface area contributed by atoms with E-state index in [0.29, 0.717) is 13.1 Å². The molecule has 1 heterocycles. The molecule has 1 N–H and O–H groups in total. The fourth-order valence-corrected chi connectivity index (χ4v) is 1.36. The summed E-state index contributed by atoms with van der Waals surface area (Å²) in [7, 11) is 1.70. The number of nitrogens with one attached hydrogen (secondary N) is 1. The Hall–Kier alpha value is -1.61. The minimum atomic E-state index is -0.127. The van der Waals surface area contributed by atoms with Crippen molar-refractivity contribution in [2.45, 2.75) is 0 Å². The van der Waals surface area contributed by atoms with Crippen molar-refractivity contribution < 1.29 is 9.59 Å². The van der Waals surface area contributed by atoms with Gasteiger partial charge in [0.1, 0.15) is 0 Å². The van der Waals surface area contributed by atoms with Gasteiger partial charge in [0.05, 0.1) is 25.7 Å². The zero-order valence-electron chi connectivity index (χ0n) is 8.69. The van der Waals surface area contributed by atoms with E-state index >= 15 is 0 Å². The lowest BCUT2D eigenvalue weighted by Gasteiger charge is -2.27. The molecule has 15 heavy (non-hydrogen) atoms. The van der Waals surface area contributed by atoms with Gasteiger partial charge in [0.15, 0.2) is 0 Å². The molecule has 0 aromatic rings. The van der Waals surface area contributed by atoms with E-state index in [1.54, 1.807) is 11.9 Å². The maximum atomic E-state index is 11.6. The van der Waals surface area contributed by atoms with Gasteiger partial charge >= 0.3 is 0 Å². The van der Waals surface area contributed by atoms with E-state index < -0.39 is 0 Å². The van der Waals surface area contributed by atoms with Crippen molar-refractivity contribution >= 4 is 11.8 Å². The Morgan fingerprint density at radius 2 is 2.47 bits per heavy atom. The summed E-state index contributed by atoms with van der Waals surface area (Å²) in [6.07, 6.45) is 0. The molecule has 1 rings (SSSR count). The van der Waals surface area contributed by atoms with Crippen molar-refractivity contribution in [3.05, 3.63) is 0 Å². The van der Waals surface area contributed by atoms with Gasteiger partial charge in [-0.2, -0.15) is 5.26 Å². The highest BCUT2D eigenvalue weighted by Gasteiger charge is 2.21.